The second-order valence-electron chi connectivity index (χ2n) is 5.28. The Bertz CT molecular complexity index is 891. The van der Waals surface area contributed by atoms with E-state index in [1.807, 2.05) is 0 Å². The van der Waals surface area contributed by atoms with Gasteiger partial charge in [-0.15, -0.1) is 0 Å². The van der Waals surface area contributed by atoms with Gasteiger partial charge in [0.1, 0.15) is 23.9 Å². The van der Waals surface area contributed by atoms with E-state index >= 15 is 0 Å². The number of carbonyl (C=O) groups is 2. The number of amides is 2. The molecule has 2 N–H and O–H groups in total. The summed E-state index contributed by atoms with van der Waals surface area (Å²) < 4.78 is 23.6. The highest BCUT2D eigenvalue weighted by molar-refractivity contribution is 5.97. The second kappa shape index (κ2) is 7.98. The van der Waals surface area contributed by atoms with Crippen molar-refractivity contribution in [1.82, 2.24) is 10.9 Å². The molecule has 6 nitrogen and oxygen atoms in total. The minimum absolute atomic E-state index is 0.0241. The number of halogens is 1. The maximum Gasteiger partial charge on any atom is 0.305 e. The van der Waals surface area contributed by atoms with Gasteiger partial charge in [-0.2, -0.15) is 0 Å². The van der Waals surface area contributed by atoms with Gasteiger partial charge in [0.2, 0.25) is 0 Å². The van der Waals surface area contributed by atoms with Gasteiger partial charge in [-0.3, -0.25) is 20.4 Å². The molecule has 0 aliphatic carbocycles. The molecule has 0 saturated carbocycles. The van der Waals surface area contributed by atoms with Gasteiger partial charge in [-0.25, -0.2) is 4.39 Å². The van der Waals surface area contributed by atoms with Gasteiger partial charge in [0.15, 0.2) is 5.76 Å². The van der Waals surface area contributed by atoms with Crippen LogP contribution in [-0.4, -0.2) is 11.8 Å². The summed E-state index contributed by atoms with van der Waals surface area (Å²) in [5.74, 6) is -0.478. The first-order valence-electron chi connectivity index (χ1n) is 7.74. The van der Waals surface area contributed by atoms with Crippen LogP contribution in [0.5, 0.6) is 5.75 Å². The third-order valence-electron chi connectivity index (χ3n) is 3.41. The minimum atomic E-state index is -0.595. The van der Waals surface area contributed by atoms with E-state index in [0.29, 0.717) is 17.1 Å². The SMILES string of the molecule is O=C(NNC(=O)c1ccc(COc2ccc(F)cc2)o1)c1ccccc1. The Labute approximate surface area is 148 Å². The molecular weight excluding hydrogens is 339 g/mol. The topological polar surface area (TPSA) is 80.6 Å². The van der Waals surface area contributed by atoms with Crippen molar-refractivity contribution in [2.75, 3.05) is 0 Å². The summed E-state index contributed by atoms with van der Waals surface area (Å²) in [6.07, 6.45) is 0. The van der Waals surface area contributed by atoms with Crippen molar-refractivity contribution in [3.8, 4) is 5.75 Å². The van der Waals surface area contributed by atoms with Crippen LogP contribution >= 0.6 is 0 Å². The molecule has 0 fully saturated rings. The smallest absolute Gasteiger partial charge is 0.305 e. The van der Waals surface area contributed by atoms with Crippen LogP contribution < -0.4 is 15.6 Å². The van der Waals surface area contributed by atoms with Crippen molar-refractivity contribution in [1.29, 1.82) is 0 Å². The highest BCUT2D eigenvalue weighted by Crippen LogP contribution is 2.15. The van der Waals surface area contributed by atoms with E-state index in [4.69, 9.17) is 9.15 Å². The summed E-state index contributed by atoms with van der Waals surface area (Å²) in [5.41, 5.74) is 5.00. The molecule has 0 aliphatic rings. The molecule has 3 rings (SSSR count). The average Bonchev–Trinajstić information content (AvgIpc) is 3.15. The van der Waals surface area contributed by atoms with E-state index in [-0.39, 0.29) is 18.2 Å². The summed E-state index contributed by atoms with van der Waals surface area (Å²) in [4.78, 5) is 23.9. The van der Waals surface area contributed by atoms with Crippen LogP contribution in [0.15, 0.2) is 71.1 Å². The summed E-state index contributed by atoms with van der Waals surface area (Å²) in [6.45, 7) is 0.0787. The second-order valence-corrected chi connectivity index (χ2v) is 5.28. The molecule has 1 heterocycles. The summed E-state index contributed by atoms with van der Waals surface area (Å²) in [5, 5.41) is 0. The van der Waals surface area contributed by atoms with Crippen LogP contribution in [0.4, 0.5) is 4.39 Å². The van der Waals surface area contributed by atoms with Crippen molar-refractivity contribution in [3.63, 3.8) is 0 Å². The quantitative estimate of drug-likeness (QED) is 0.690. The molecule has 1 aromatic heterocycles. The van der Waals surface area contributed by atoms with Gasteiger partial charge in [-0.1, -0.05) is 18.2 Å². The number of nitrogens with one attached hydrogen (secondary N) is 2. The predicted molar refractivity (Wildman–Crippen MR) is 90.8 cm³/mol. The monoisotopic (exact) mass is 354 g/mol. The molecule has 2 aromatic carbocycles. The molecule has 0 radical (unpaired) electrons. The largest absolute Gasteiger partial charge is 0.486 e. The van der Waals surface area contributed by atoms with Crippen LogP contribution in [0.2, 0.25) is 0 Å². The standard InChI is InChI=1S/C19H15FN2O4/c20-14-6-8-15(9-7-14)25-12-16-10-11-17(26-16)19(24)22-21-18(23)13-4-2-1-3-5-13/h1-11H,12H2,(H,21,23)(H,22,24). The fourth-order valence-electron chi connectivity index (χ4n) is 2.10. The first-order valence-corrected chi connectivity index (χ1v) is 7.74. The molecular formula is C19H15FN2O4. The maximum absolute atomic E-state index is 12.8. The summed E-state index contributed by atoms with van der Waals surface area (Å²) in [7, 11) is 0. The number of carbonyl (C=O) groups excluding carboxylic acids is 2. The van der Waals surface area contributed by atoms with Crippen molar-refractivity contribution >= 4 is 11.8 Å². The Hall–Kier alpha value is -3.61. The first kappa shape index (κ1) is 17.2. The molecule has 2 amide bonds. The number of furan rings is 1. The predicted octanol–water partition coefficient (Wildman–Crippen LogP) is 3.07. The molecule has 26 heavy (non-hydrogen) atoms. The zero-order chi connectivity index (χ0) is 18.4. The first-order chi connectivity index (χ1) is 12.6. The molecule has 0 saturated heterocycles. The van der Waals surface area contributed by atoms with Crippen LogP contribution in [0.1, 0.15) is 26.7 Å². The lowest BCUT2D eigenvalue weighted by Crippen LogP contribution is -2.41. The van der Waals surface area contributed by atoms with Gasteiger partial charge in [-0.05, 0) is 48.5 Å². The van der Waals surface area contributed by atoms with Crippen molar-refractivity contribution < 1.29 is 23.1 Å². The Kier molecular flexibility index (Phi) is 5.28. The Balaban J connectivity index is 1.51. The fourth-order valence-corrected chi connectivity index (χ4v) is 2.10. The number of hydrazine groups is 1. The molecule has 0 spiro atoms. The number of hydrogen-bond donors (Lipinski definition) is 2. The van der Waals surface area contributed by atoms with E-state index in [2.05, 4.69) is 10.9 Å². The van der Waals surface area contributed by atoms with E-state index in [1.54, 1.807) is 36.4 Å². The molecule has 0 unspecified atom stereocenters. The Morgan fingerprint density at radius 1 is 0.885 bits per heavy atom. The Morgan fingerprint density at radius 3 is 2.31 bits per heavy atom. The van der Waals surface area contributed by atoms with Crippen molar-refractivity contribution in [2.24, 2.45) is 0 Å². The van der Waals surface area contributed by atoms with E-state index in [1.165, 1.54) is 30.3 Å². The lowest BCUT2D eigenvalue weighted by Gasteiger charge is -2.06. The number of hydrogen-bond acceptors (Lipinski definition) is 4. The average molecular weight is 354 g/mol. The Morgan fingerprint density at radius 2 is 1.58 bits per heavy atom. The lowest BCUT2D eigenvalue weighted by molar-refractivity contribution is 0.0828. The van der Waals surface area contributed by atoms with Crippen LogP contribution in [0, 0.1) is 5.82 Å². The van der Waals surface area contributed by atoms with Gasteiger partial charge in [0, 0.05) is 5.56 Å². The van der Waals surface area contributed by atoms with Crippen LogP contribution in [0.3, 0.4) is 0 Å². The van der Waals surface area contributed by atoms with E-state index in [9.17, 15) is 14.0 Å². The zero-order valence-corrected chi connectivity index (χ0v) is 13.6. The molecule has 0 atom stereocenters. The maximum atomic E-state index is 12.8. The molecule has 0 aliphatic heterocycles. The third kappa shape index (κ3) is 4.47. The number of benzene rings is 2. The summed E-state index contributed by atoms with van der Waals surface area (Å²) in [6, 6.07) is 17.1. The van der Waals surface area contributed by atoms with Gasteiger partial charge >= 0.3 is 5.91 Å². The molecule has 3 aromatic rings. The zero-order valence-electron chi connectivity index (χ0n) is 13.6. The normalized spacial score (nSPS) is 10.2. The van der Waals surface area contributed by atoms with Gasteiger partial charge in [0.05, 0.1) is 0 Å². The van der Waals surface area contributed by atoms with Crippen molar-refractivity contribution in [3.05, 3.63) is 89.6 Å². The van der Waals surface area contributed by atoms with Gasteiger partial charge in [0.25, 0.3) is 5.91 Å². The number of ether oxygens (including phenoxy) is 1. The minimum Gasteiger partial charge on any atom is -0.486 e. The van der Waals surface area contributed by atoms with Crippen LogP contribution in [0.25, 0.3) is 0 Å². The lowest BCUT2D eigenvalue weighted by atomic mass is 10.2. The van der Waals surface area contributed by atoms with Crippen molar-refractivity contribution in [2.45, 2.75) is 6.61 Å². The van der Waals surface area contributed by atoms with Gasteiger partial charge < -0.3 is 9.15 Å². The molecule has 0 bridgehead atoms. The third-order valence-corrected chi connectivity index (χ3v) is 3.41. The summed E-state index contributed by atoms with van der Waals surface area (Å²) >= 11 is 0. The van der Waals surface area contributed by atoms with Crippen LogP contribution in [-0.2, 0) is 6.61 Å². The van der Waals surface area contributed by atoms with E-state index < -0.39 is 11.8 Å². The fraction of sp³-hybridized carbons (Fsp3) is 0.0526. The number of rotatable bonds is 5. The highest BCUT2D eigenvalue weighted by atomic mass is 19.1. The molecule has 132 valence electrons. The molecule has 7 heteroatoms. The highest BCUT2D eigenvalue weighted by Gasteiger charge is 2.13. The van der Waals surface area contributed by atoms with E-state index in [0.717, 1.165) is 0 Å².